The number of carbonyl (C=O) groups excluding carboxylic acids is 2. The topological polar surface area (TPSA) is 59.1 Å². The standard InChI is InChI=1S/C24H28N2O4/c1-29-21-11-7-18(8-12-21)13-25-14-22(30-17-19-5-3-2-4-6-19)15-26(16-23(25)27)24(28)20-9-10-20/h2-8,11-12,20,22H,9-10,13-17H2,1H3. The molecule has 1 heterocycles. The number of benzene rings is 2. The average molecular weight is 408 g/mol. The minimum atomic E-state index is -0.224. The highest BCUT2D eigenvalue weighted by Gasteiger charge is 2.38. The summed E-state index contributed by atoms with van der Waals surface area (Å²) in [5.41, 5.74) is 2.10. The van der Waals surface area contributed by atoms with Crippen LogP contribution >= 0.6 is 0 Å². The van der Waals surface area contributed by atoms with Gasteiger partial charge in [0.2, 0.25) is 11.8 Å². The number of carbonyl (C=O) groups is 2. The van der Waals surface area contributed by atoms with Crippen molar-refractivity contribution >= 4 is 11.8 Å². The van der Waals surface area contributed by atoms with Crippen molar-refractivity contribution in [1.82, 2.24) is 9.80 Å². The van der Waals surface area contributed by atoms with Crippen LogP contribution < -0.4 is 4.74 Å². The van der Waals surface area contributed by atoms with Crippen molar-refractivity contribution in [3.05, 3.63) is 65.7 Å². The first-order valence-electron chi connectivity index (χ1n) is 10.5. The Hall–Kier alpha value is -2.86. The van der Waals surface area contributed by atoms with Crippen molar-refractivity contribution in [1.29, 1.82) is 0 Å². The van der Waals surface area contributed by atoms with Crippen molar-refractivity contribution in [2.75, 3.05) is 26.7 Å². The molecule has 2 aliphatic rings. The SMILES string of the molecule is COc1ccc(CN2CC(OCc3ccccc3)CN(C(=O)C3CC3)CC2=O)cc1. The lowest BCUT2D eigenvalue weighted by molar-refractivity contribution is -0.139. The van der Waals surface area contributed by atoms with E-state index in [1.165, 1.54) is 0 Å². The van der Waals surface area contributed by atoms with Crippen LogP contribution in [0.4, 0.5) is 0 Å². The van der Waals surface area contributed by atoms with Crippen LogP contribution in [-0.4, -0.2) is 54.5 Å². The molecule has 1 unspecified atom stereocenters. The van der Waals surface area contributed by atoms with Gasteiger partial charge in [0.15, 0.2) is 0 Å². The van der Waals surface area contributed by atoms with Crippen LogP contribution in [0.2, 0.25) is 0 Å². The second-order valence-corrected chi connectivity index (χ2v) is 8.03. The van der Waals surface area contributed by atoms with Crippen molar-refractivity contribution in [3.8, 4) is 5.75 Å². The molecule has 1 aliphatic carbocycles. The quantitative estimate of drug-likeness (QED) is 0.707. The molecular formula is C24H28N2O4. The van der Waals surface area contributed by atoms with Gasteiger partial charge in [0.05, 0.1) is 26.4 Å². The number of amides is 2. The van der Waals surface area contributed by atoms with Crippen LogP contribution in [0.25, 0.3) is 0 Å². The van der Waals surface area contributed by atoms with Gasteiger partial charge in [0, 0.05) is 25.6 Å². The highest BCUT2D eigenvalue weighted by Crippen LogP contribution is 2.31. The predicted octanol–water partition coefficient (Wildman–Crippen LogP) is 2.86. The van der Waals surface area contributed by atoms with Gasteiger partial charge in [-0.25, -0.2) is 0 Å². The molecule has 158 valence electrons. The molecule has 6 nitrogen and oxygen atoms in total. The first-order valence-corrected chi connectivity index (χ1v) is 10.5. The smallest absolute Gasteiger partial charge is 0.242 e. The van der Waals surface area contributed by atoms with E-state index in [2.05, 4.69) is 0 Å². The summed E-state index contributed by atoms with van der Waals surface area (Å²) in [6.07, 6.45) is 1.63. The van der Waals surface area contributed by atoms with Gasteiger partial charge in [0.1, 0.15) is 5.75 Å². The van der Waals surface area contributed by atoms with Crippen LogP contribution in [0, 0.1) is 5.92 Å². The molecule has 2 aromatic carbocycles. The number of ether oxygens (including phenoxy) is 2. The number of hydrogen-bond acceptors (Lipinski definition) is 4. The fourth-order valence-corrected chi connectivity index (χ4v) is 3.73. The highest BCUT2D eigenvalue weighted by atomic mass is 16.5. The van der Waals surface area contributed by atoms with Crippen LogP contribution in [-0.2, 0) is 27.5 Å². The molecule has 1 atom stereocenters. The molecule has 1 saturated carbocycles. The van der Waals surface area contributed by atoms with Crippen molar-refractivity contribution in [3.63, 3.8) is 0 Å². The summed E-state index contributed by atoms with van der Waals surface area (Å²) in [6, 6.07) is 17.7. The number of rotatable bonds is 7. The molecule has 0 aromatic heterocycles. The van der Waals surface area contributed by atoms with Gasteiger partial charge in [-0.2, -0.15) is 0 Å². The van der Waals surface area contributed by atoms with E-state index in [1.54, 1.807) is 16.9 Å². The second-order valence-electron chi connectivity index (χ2n) is 8.03. The van der Waals surface area contributed by atoms with Crippen LogP contribution in [0.15, 0.2) is 54.6 Å². The van der Waals surface area contributed by atoms with Gasteiger partial charge in [-0.15, -0.1) is 0 Å². The van der Waals surface area contributed by atoms with E-state index in [9.17, 15) is 9.59 Å². The molecule has 0 bridgehead atoms. The summed E-state index contributed by atoms with van der Waals surface area (Å²) >= 11 is 0. The molecule has 2 fully saturated rings. The third-order valence-electron chi connectivity index (χ3n) is 5.63. The average Bonchev–Trinajstić information content (AvgIpc) is 3.63. The molecule has 2 aromatic rings. The molecule has 6 heteroatoms. The maximum Gasteiger partial charge on any atom is 0.242 e. The fourth-order valence-electron chi connectivity index (χ4n) is 3.73. The van der Waals surface area contributed by atoms with Gasteiger partial charge in [-0.05, 0) is 36.1 Å². The zero-order valence-corrected chi connectivity index (χ0v) is 17.3. The summed E-state index contributed by atoms with van der Waals surface area (Å²) in [7, 11) is 1.63. The third-order valence-corrected chi connectivity index (χ3v) is 5.63. The molecule has 0 radical (unpaired) electrons. The van der Waals surface area contributed by atoms with Crippen molar-refractivity contribution in [2.45, 2.75) is 32.1 Å². The zero-order chi connectivity index (χ0) is 20.9. The van der Waals surface area contributed by atoms with Gasteiger partial charge < -0.3 is 19.3 Å². The summed E-state index contributed by atoms with van der Waals surface area (Å²) in [4.78, 5) is 29.2. The van der Waals surface area contributed by atoms with Gasteiger partial charge in [-0.1, -0.05) is 42.5 Å². The summed E-state index contributed by atoms with van der Waals surface area (Å²) in [5.74, 6) is 0.917. The Bertz CT molecular complexity index is 865. The normalized spacial score (nSPS) is 19.5. The largest absolute Gasteiger partial charge is 0.497 e. The van der Waals surface area contributed by atoms with E-state index in [0.29, 0.717) is 26.2 Å². The van der Waals surface area contributed by atoms with Crippen LogP contribution in [0.3, 0.4) is 0 Å². The van der Waals surface area contributed by atoms with Gasteiger partial charge in [0.25, 0.3) is 0 Å². The fraction of sp³-hybridized carbons (Fsp3) is 0.417. The second kappa shape index (κ2) is 9.30. The third kappa shape index (κ3) is 5.19. The Morgan fingerprint density at radius 1 is 1.00 bits per heavy atom. The maximum absolute atomic E-state index is 13.0. The Morgan fingerprint density at radius 3 is 2.40 bits per heavy atom. The lowest BCUT2D eigenvalue weighted by Gasteiger charge is -2.25. The predicted molar refractivity (Wildman–Crippen MR) is 113 cm³/mol. The minimum Gasteiger partial charge on any atom is -0.497 e. The molecule has 1 saturated heterocycles. The number of methoxy groups -OCH3 is 1. The summed E-state index contributed by atoms with van der Waals surface area (Å²) < 4.78 is 11.4. The summed E-state index contributed by atoms with van der Waals surface area (Å²) in [6.45, 7) is 1.98. The first kappa shape index (κ1) is 20.4. The Kier molecular flexibility index (Phi) is 6.33. The molecule has 1 aliphatic heterocycles. The lowest BCUT2D eigenvalue weighted by atomic mass is 10.2. The van der Waals surface area contributed by atoms with E-state index in [4.69, 9.17) is 9.47 Å². The highest BCUT2D eigenvalue weighted by molar-refractivity contribution is 5.87. The van der Waals surface area contributed by atoms with Crippen LogP contribution in [0.5, 0.6) is 5.75 Å². The zero-order valence-electron chi connectivity index (χ0n) is 17.3. The van der Waals surface area contributed by atoms with Crippen LogP contribution in [0.1, 0.15) is 24.0 Å². The van der Waals surface area contributed by atoms with E-state index >= 15 is 0 Å². The van der Waals surface area contributed by atoms with E-state index in [0.717, 1.165) is 29.7 Å². The Balaban J connectivity index is 1.47. The first-order chi connectivity index (χ1) is 14.6. The molecule has 4 rings (SSSR count). The van der Waals surface area contributed by atoms with Gasteiger partial charge >= 0.3 is 0 Å². The Labute approximate surface area is 177 Å². The molecule has 2 amide bonds. The summed E-state index contributed by atoms with van der Waals surface area (Å²) in [5, 5.41) is 0. The molecule has 30 heavy (non-hydrogen) atoms. The van der Waals surface area contributed by atoms with E-state index in [1.807, 2.05) is 54.6 Å². The van der Waals surface area contributed by atoms with E-state index < -0.39 is 0 Å². The number of nitrogens with zero attached hydrogens (tertiary/aromatic N) is 2. The van der Waals surface area contributed by atoms with E-state index in [-0.39, 0.29) is 30.4 Å². The number of hydrogen-bond donors (Lipinski definition) is 0. The minimum absolute atomic E-state index is 0.0365. The van der Waals surface area contributed by atoms with Crippen molar-refractivity contribution < 1.29 is 19.1 Å². The Morgan fingerprint density at radius 2 is 1.73 bits per heavy atom. The lowest BCUT2D eigenvalue weighted by Crippen LogP contribution is -2.40. The molecule has 0 spiro atoms. The van der Waals surface area contributed by atoms with Gasteiger partial charge in [-0.3, -0.25) is 9.59 Å². The maximum atomic E-state index is 13.0. The molecule has 0 N–H and O–H groups in total. The van der Waals surface area contributed by atoms with Crippen molar-refractivity contribution in [2.24, 2.45) is 5.92 Å². The monoisotopic (exact) mass is 408 g/mol. The molecular weight excluding hydrogens is 380 g/mol.